The van der Waals surface area contributed by atoms with Crippen LogP contribution >= 0.6 is 31.9 Å². The molecule has 0 saturated heterocycles. The number of nitrogens with one attached hydrogen (secondary N) is 1. The summed E-state index contributed by atoms with van der Waals surface area (Å²) in [6.45, 7) is 0. The maximum absolute atomic E-state index is 13.4. The van der Waals surface area contributed by atoms with Crippen LogP contribution in [0, 0.1) is 5.82 Å². The molecule has 1 aromatic heterocycles. The van der Waals surface area contributed by atoms with Crippen molar-refractivity contribution in [3.05, 3.63) is 54.4 Å². The number of carbonyl (C=O) groups excluding carboxylic acids is 2. The molecule has 112 valence electrons. The summed E-state index contributed by atoms with van der Waals surface area (Å²) in [6.07, 6.45) is 0. The van der Waals surface area contributed by atoms with Gasteiger partial charge in [-0.2, -0.15) is 0 Å². The van der Waals surface area contributed by atoms with E-state index in [1.807, 2.05) is 0 Å². The number of fused-ring (bicyclic) bond motifs is 1. The lowest BCUT2D eigenvalue weighted by molar-refractivity contribution is 0.0880. The first-order valence-corrected chi connectivity index (χ1v) is 7.46. The Morgan fingerprint density at radius 1 is 1.05 bits per heavy atom. The first kappa shape index (κ1) is 14.9. The van der Waals surface area contributed by atoms with Crippen LogP contribution in [0.5, 0.6) is 0 Å². The van der Waals surface area contributed by atoms with Gasteiger partial charge in [-0.1, -0.05) is 0 Å². The standard InChI is InChI=1S/C13H6Br2FN3O3/c14-6-1-4(16)2-7(15)10(6)19-8(20)3-5-9(11(19)17)13(22)18-12(5)21/h1-3H,17H2,(H,18,21,22). The topological polar surface area (TPSA) is 94.2 Å². The number of amides is 2. The Kier molecular flexibility index (Phi) is 3.41. The highest BCUT2D eigenvalue weighted by atomic mass is 79.9. The molecule has 3 N–H and O–H groups in total. The minimum Gasteiger partial charge on any atom is -0.384 e. The molecule has 2 amide bonds. The maximum atomic E-state index is 13.4. The van der Waals surface area contributed by atoms with Gasteiger partial charge in [0.25, 0.3) is 17.4 Å². The lowest BCUT2D eigenvalue weighted by Crippen LogP contribution is -2.24. The minimum atomic E-state index is -0.680. The Morgan fingerprint density at radius 2 is 1.64 bits per heavy atom. The summed E-state index contributed by atoms with van der Waals surface area (Å²) in [5.41, 5.74) is 5.38. The summed E-state index contributed by atoms with van der Waals surface area (Å²) in [4.78, 5) is 35.7. The highest BCUT2D eigenvalue weighted by Crippen LogP contribution is 2.32. The van der Waals surface area contributed by atoms with E-state index in [4.69, 9.17) is 5.73 Å². The van der Waals surface area contributed by atoms with Crippen LogP contribution in [0.4, 0.5) is 10.2 Å². The predicted molar refractivity (Wildman–Crippen MR) is 83.6 cm³/mol. The molecule has 9 heteroatoms. The second kappa shape index (κ2) is 5.03. The van der Waals surface area contributed by atoms with E-state index in [1.165, 1.54) is 0 Å². The molecule has 1 aliphatic rings. The Bertz CT molecular complexity index is 900. The number of nitrogens with zero attached hydrogens (tertiary/aromatic N) is 1. The van der Waals surface area contributed by atoms with Gasteiger partial charge in [0.1, 0.15) is 11.6 Å². The Hall–Kier alpha value is -2.00. The van der Waals surface area contributed by atoms with E-state index in [2.05, 4.69) is 37.2 Å². The van der Waals surface area contributed by atoms with Crippen LogP contribution in [0.2, 0.25) is 0 Å². The molecule has 2 aromatic rings. The van der Waals surface area contributed by atoms with E-state index in [9.17, 15) is 18.8 Å². The Morgan fingerprint density at radius 3 is 2.23 bits per heavy atom. The first-order chi connectivity index (χ1) is 10.3. The number of halogens is 3. The fraction of sp³-hybridized carbons (Fsp3) is 0. The average molecular weight is 431 g/mol. The minimum absolute atomic E-state index is 0.0712. The third kappa shape index (κ3) is 2.08. The van der Waals surface area contributed by atoms with Crippen LogP contribution in [0.3, 0.4) is 0 Å². The molecular weight excluding hydrogens is 425 g/mol. The van der Waals surface area contributed by atoms with Crippen LogP contribution < -0.4 is 16.6 Å². The fourth-order valence-electron chi connectivity index (χ4n) is 2.26. The van der Waals surface area contributed by atoms with Gasteiger partial charge in [-0.05, 0) is 44.0 Å². The van der Waals surface area contributed by atoms with E-state index < -0.39 is 23.2 Å². The van der Waals surface area contributed by atoms with E-state index in [-0.39, 0.29) is 31.6 Å². The number of rotatable bonds is 1. The van der Waals surface area contributed by atoms with Gasteiger partial charge < -0.3 is 5.73 Å². The molecule has 3 rings (SSSR count). The van der Waals surface area contributed by atoms with Gasteiger partial charge in [-0.15, -0.1) is 0 Å². The molecule has 0 spiro atoms. The van der Waals surface area contributed by atoms with Crippen LogP contribution in [0.25, 0.3) is 5.69 Å². The lowest BCUT2D eigenvalue weighted by atomic mass is 10.1. The molecule has 22 heavy (non-hydrogen) atoms. The molecule has 6 nitrogen and oxygen atoms in total. The predicted octanol–water partition coefficient (Wildman–Crippen LogP) is 1.97. The van der Waals surface area contributed by atoms with Crippen molar-refractivity contribution < 1.29 is 14.0 Å². The molecule has 0 bridgehead atoms. The molecular formula is C13H6Br2FN3O3. The third-order valence-corrected chi connectivity index (χ3v) is 4.37. The van der Waals surface area contributed by atoms with Gasteiger partial charge in [0.05, 0.1) is 16.8 Å². The van der Waals surface area contributed by atoms with Crippen molar-refractivity contribution in [1.82, 2.24) is 9.88 Å². The molecule has 2 heterocycles. The number of carbonyl (C=O) groups is 2. The number of imide groups is 1. The number of nitrogens with two attached hydrogens (primary N) is 1. The fourth-order valence-corrected chi connectivity index (χ4v) is 3.74. The quantitative estimate of drug-likeness (QED) is 0.676. The number of nitrogen functional groups attached to an aromatic ring is 1. The zero-order valence-corrected chi connectivity index (χ0v) is 13.8. The smallest absolute Gasteiger partial charge is 0.262 e. The molecule has 0 unspecified atom stereocenters. The van der Waals surface area contributed by atoms with Crippen molar-refractivity contribution in [3.8, 4) is 5.69 Å². The first-order valence-electron chi connectivity index (χ1n) is 5.87. The number of hydrogen-bond donors (Lipinski definition) is 2. The van der Waals surface area contributed by atoms with E-state index >= 15 is 0 Å². The maximum Gasteiger partial charge on any atom is 0.262 e. The molecule has 0 aliphatic carbocycles. The van der Waals surface area contributed by atoms with Gasteiger partial charge >= 0.3 is 0 Å². The van der Waals surface area contributed by atoms with Crippen LogP contribution in [-0.4, -0.2) is 16.4 Å². The van der Waals surface area contributed by atoms with E-state index in [0.29, 0.717) is 0 Å². The third-order valence-electron chi connectivity index (χ3n) is 3.16. The van der Waals surface area contributed by atoms with Crippen molar-refractivity contribution >= 4 is 49.5 Å². The summed E-state index contributed by atoms with van der Waals surface area (Å²) in [7, 11) is 0. The SMILES string of the molecule is Nc1c2c(cc(=O)n1-c1c(Br)cc(F)cc1Br)C(=O)NC2=O. The van der Waals surface area contributed by atoms with Gasteiger partial charge in [-0.25, -0.2) is 4.39 Å². The average Bonchev–Trinajstić information content (AvgIpc) is 2.67. The van der Waals surface area contributed by atoms with Crippen molar-refractivity contribution in [2.75, 3.05) is 5.73 Å². The summed E-state index contributed by atoms with van der Waals surface area (Å²) < 4.78 is 14.9. The Balaban J connectivity index is 2.40. The largest absolute Gasteiger partial charge is 0.384 e. The monoisotopic (exact) mass is 429 g/mol. The zero-order chi connectivity index (χ0) is 16.2. The molecule has 1 aliphatic heterocycles. The van der Waals surface area contributed by atoms with Gasteiger partial charge in [-0.3, -0.25) is 24.3 Å². The molecule has 0 radical (unpaired) electrons. The molecule has 1 aromatic carbocycles. The number of hydrogen-bond acceptors (Lipinski definition) is 4. The van der Waals surface area contributed by atoms with Crippen LogP contribution in [-0.2, 0) is 0 Å². The highest BCUT2D eigenvalue weighted by Gasteiger charge is 2.32. The second-order valence-electron chi connectivity index (χ2n) is 4.49. The van der Waals surface area contributed by atoms with Gasteiger partial charge in [0, 0.05) is 15.0 Å². The molecule has 0 fully saturated rings. The molecule has 0 atom stereocenters. The van der Waals surface area contributed by atoms with Crippen molar-refractivity contribution in [2.45, 2.75) is 0 Å². The summed E-state index contributed by atoms with van der Waals surface area (Å²) >= 11 is 6.32. The second-order valence-corrected chi connectivity index (χ2v) is 6.20. The lowest BCUT2D eigenvalue weighted by Gasteiger charge is -2.15. The summed E-state index contributed by atoms with van der Waals surface area (Å²) in [5, 5.41) is 2.07. The van der Waals surface area contributed by atoms with E-state index in [0.717, 1.165) is 22.8 Å². The highest BCUT2D eigenvalue weighted by molar-refractivity contribution is 9.11. The number of anilines is 1. The number of pyridine rings is 1. The number of benzene rings is 1. The molecule has 0 saturated carbocycles. The van der Waals surface area contributed by atoms with Crippen LogP contribution in [0.1, 0.15) is 20.7 Å². The van der Waals surface area contributed by atoms with Crippen molar-refractivity contribution in [1.29, 1.82) is 0 Å². The van der Waals surface area contributed by atoms with Gasteiger partial charge in [0.15, 0.2) is 0 Å². The van der Waals surface area contributed by atoms with Crippen LogP contribution in [0.15, 0.2) is 31.9 Å². The van der Waals surface area contributed by atoms with Crippen molar-refractivity contribution in [2.24, 2.45) is 0 Å². The van der Waals surface area contributed by atoms with E-state index in [1.54, 1.807) is 0 Å². The normalized spacial score (nSPS) is 13.2. The number of aromatic nitrogens is 1. The summed E-state index contributed by atoms with van der Waals surface area (Å²) in [5.74, 6) is -2.07. The van der Waals surface area contributed by atoms with Crippen molar-refractivity contribution in [3.63, 3.8) is 0 Å². The van der Waals surface area contributed by atoms with Gasteiger partial charge in [0.2, 0.25) is 0 Å². The summed E-state index contributed by atoms with van der Waals surface area (Å²) in [6, 6.07) is 3.34. The Labute approximate surface area is 139 Å². The zero-order valence-electron chi connectivity index (χ0n) is 10.6.